The van der Waals surface area contributed by atoms with E-state index < -0.39 is 6.10 Å². The highest BCUT2D eigenvalue weighted by Gasteiger charge is 2.24. The number of aliphatic hydroxyl groups is 1. The number of thiophene rings is 1. The number of nitrogens with one attached hydrogen (secondary N) is 2. The lowest BCUT2D eigenvalue weighted by molar-refractivity contribution is 0.173. The number of carbonyl (C=O) groups is 1. The smallest absolute Gasteiger partial charge is 0.315 e. The maximum absolute atomic E-state index is 12.0. The number of aryl methyl sites for hydroxylation is 1. The van der Waals surface area contributed by atoms with E-state index in [0.29, 0.717) is 0 Å². The summed E-state index contributed by atoms with van der Waals surface area (Å²) in [6.07, 6.45) is 1.11. The molecule has 0 saturated carbocycles. The molecule has 2 atom stereocenters. The first-order valence-electron chi connectivity index (χ1n) is 7.16. The van der Waals surface area contributed by atoms with Crippen molar-refractivity contribution in [1.82, 2.24) is 10.6 Å². The molecule has 2 amide bonds. The predicted molar refractivity (Wildman–Crippen MR) is 88.3 cm³/mol. The molecule has 1 aromatic carbocycles. The van der Waals surface area contributed by atoms with Crippen LogP contribution in [-0.4, -0.2) is 17.7 Å². The number of benzene rings is 1. The molecule has 3 rings (SSSR count). The lowest BCUT2D eigenvalue weighted by atomic mass is 10.1. The number of rotatable bonds is 4. The molecule has 2 unspecified atom stereocenters. The molecule has 0 saturated heterocycles. The SMILES string of the molecule is O=C(NCC(O)c1ccsc1)NC1CCc2cc(Cl)ccc21. The van der Waals surface area contributed by atoms with Gasteiger partial charge in [-0.2, -0.15) is 11.3 Å². The Morgan fingerprint density at radius 1 is 1.45 bits per heavy atom. The zero-order valence-corrected chi connectivity index (χ0v) is 13.5. The molecule has 0 spiro atoms. The van der Waals surface area contributed by atoms with Crippen LogP contribution in [0.2, 0.25) is 5.02 Å². The van der Waals surface area contributed by atoms with E-state index in [9.17, 15) is 9.90 Å². The largest absolute Gasteiger partial charge is 0.387 e. The summed E-state index contributed by atoms with van der Waals surface area (Å²) in [4.78, 5) is 12.0. The third-order valence-electron chi connectivity index (χ3n) is 3.87. The maximum Gasteiger partial charge on any atom is 0.315 e. The second-order valence-electron chi connectivity index (χ2n) is 5.36. The molecule has 4 nitrogen and oxygen atoms in total. The number of hydrogen-bond acceptors (Lipinski definition) is 3. The standard InChI is InChI=1S/C16H17ClN2O2S/c17-12-2-3-13-10(7-12)1-4-14(13)19-16(21)18-8-15(20)11-5-6-22-9-11/h2-3,5-7,9,14-15,20H,1,4,8H2,(H2,18,19,21). The quantitative estimate of drug-likeness (QED) is 0.801. The van der Waals surface area contributed by atoms with Gasteiger partial charge in [-0.05, 0) is 58.5 Å². The van der Waals surface area contributed by atoms with Crippen molar-refractivity contribution >= 4 is 29.0 Å². The topological polar surface area (TPSA) is 61.4 Å². The molecular formula is C16H17ClN2O2S. The molecule has 0 radical (unpaired) electrons. The van der Waals surface area contributed by atoms with E-state index in [0.717, 1.165) is 29.0 Å². The van der Waals surface area contributed by atoms with Gasteiger partial charge in [0, 0.05) is 11.6 Å². The van der Waals surface area contributed by atoms with Gasteiger partial charge in [0.05, 0.1) is 12.1 Å². The summed E-state index contributed by atoms with van der Waals surface area (Å²) in [6.45, 7) is 0.197. The highest BCUT2D eigenvalue weighted by molar-refractivity contribution is 7.07. The van der Waals surface area contributed by atoms with E-state index in [1.54, 1.807) is 0 Å². The zero-order chi connectivity index (χ0) is 15.5. The van der Waals surface area contributed by atoms with E-state index in [4.69, 9.17) is 11.6 Å². The Morgan fingerprint density at radius 2 is 2.32 bits per heavy atom. The molecular weight excluding hydrogens is 320 g/mol. The van der Waals surface area contributed by atoms with Crippen LogP contribution in [0.4, 0.5) is 4.79 Å². The average Bonchev–Trinajstić information content (AvgIpc) is 3.15. The van der Waals surface area contributed by atoms with Gasteiger partial charge in [-0.3, -0.25) is 0 Å². The van der Waals surface area contributed by atoms with Crippen LogP contribution in [0.1, 0.15) is 35.3 Å². The van der Waals surface area contributed by atoms with Gasteiger partial charge in [0.15, 0.2) is 0 Å². The molecule has 0 bridgehead atoms. The molecule has 0 aliphatic heterocycles. The molecule has 1 aromatic heterocycles. The Balaban J connectivity index is 1.53. The average molecular weight is 337 g/mol. The van der Waals surface area contributed by atoms with E-state index in [-0.39, 0.29) is 18.6 Å². The van der Waals surface area contributed by atoms with Crippen molar-refractivity contribution in [3.63, 3.8) is 0 Å². The van der Waals surface area contributed by atoms with Crippen LogP contribution < -0.4 is 10.6 Å². The van der Waals surface area contributed by atoms with Gasteiger partial charge in [0.1, 0.15) is 0 Å². The van der Waals surface area contributed by atoms with E-state index in [1.165, 1.54) is 16.9 Å². The molecule has 1 aliphatic rings. The van der Waals surface area contributed by atoms with Gasteiger partial charge < -0.3 is 15.7 Å². The number of hydrogen-bond donors (Lipinski definition) is 3. The number of carbonyl (C=O) groups excluding carboxylic acids is 1. The lowest BCUT2D eigenvalue weighted by Crippen LogP contribution is -2.39. The molecule has 116 valence electrons. The number of urea groups is 1. The Kier molecular flexibility index (Phi) is 4.66. The summed E-state index contributed by atoms with van der Waals surface area (Å²) in [6, 6.07) is 7.37. The van der Waals surface area contributed by atoms with Crippen LogP contribution in [0.3, 0.4) is 0 Å². The van der Waals surface area contributed by atoms with Crippen LogP contribution in [-0.2, 0) is 6.42 Å². The minimum atomic E-state index is -0.674. The van der Waals surface area contributed by atoms with E-state index >= 15 is 0 Å². The first-order valence-corrected chi connectivity index (χ1v) is 8.48. The van der Waals surface area contributed by atoms with Crippen molar-refractivity contribution in [1.29, 1.82) is 0 Å². The van der Waals surface area contributed by atoms with Crippen molar-refractivity contribution in [2.45, 2.75) is 25.0 Å². The zero-order valence-electron chi connectivity index (χ0n) is 11.9. The molecule has 1 heterocycles. The highest BCUT2D eigenvalue weighted by Crippen LogP contribution is 2.32. The molecule has 22 heavy (non-hydrogen) atoms. The molecule has 6 heteroatoms. The Labute approximate surface area is 138 Å². The van der Waals surface area contributed by atoms with Crippen molar-refractivity contribution in [2.75, 3.05) is 6.54 Å². The lowest BCUT2D eigenvalue weighted by Gasteiger charge is -2.16. The van der Waals surface area contributed by atoms with Crippen molar-refractivity contribution in [3.8, 4) is 0 Å². The van der Waals surface area contributed by atoms with Crippen LogP contribution in [0, 0.1) is 0 Å². The minimum absolute atomic E-state index is 0.00515. The summed E-state index contributed by atoms with van der Waals surface area (Å²) in [5.74, 6) is 0. The Bertz CT molecular complexity index is 660. The monoisotopic (exact) mass is 336 g/mol. The fourth-order valence-corrected chi connectivity index (χ4v) is 3.62. The fraction of sp³-hybridized carbons (Fsp3) is 0.312. The third kappa shape index (κ3) is 3.43. The van der Waals surface area contributed by atoms with Gasteiger partial charge in [-0.25, -0.2) is 4.79 Å². The number of halogens is 1. The molecule has 3 N–H and O–H groups in total. The first-order chi connectivity index (χ1) is 10.6. The van der Waals surface area contributed by atoms with Crippen molar-refractivity contribution < 1.29 is 9.90 Å². The summed E-state index contributed by atoms with van der Waals surface area (Å²) in [7, 11) is 0. The van der Waals surface area contributed by atoms with E-state index in [1.807, 2.05) is 35.0 Å². The van der Waals surface area contributed by atoms with Crippen LogP contribution >= 0.6 is 22.9 Å². The number of amides is 2. The van der Waals surface area contributed by atoms with Crippen molar-refractivity contribution in [3.05, 3.63) is 56.7 Å². The van der Waals surface area contributed by atoms with Crippen molar-refractivity contribution in [2.24, 2.45) is 0 Å². The second-order valence-corrected chi connectivity index (χ2v) is 6.58. The Morgan fingerprint density at radius 3 is 3.09 bits per heavy atom. The van der Waals surface area contributed by atoms with Gasteiger partial charge in [-0.15, -0.1) is 0 Å². The summed E-state index contributed by atoms with van der Waals surface area (Å²) < 4.78 is 0. The van der Waals surface area contributed by atoms with Crippen LogP contribution in [0.5, 0.6) is 0 Å². The number of aliphatic hydroxyl groups excluding tert-OH is 1. The van der Waals surface area contributed by atoms with Gasteiger partial charge in [0.25, 0.3) is 0 Å². The summed E-state index contributed by atoms with van der Waals surface area (Å²) >= 11 is 7.51. The second kappa shape index (κ2) is 6.69. The van der Waals surface area contributed by atoms with Gasteiger partial charge in [0.2, 0.25) is 0 Å². The molecule has 2 aromatic rings. The summed E-state index contributed by atoms with van der Waals surface area (Å²) in [5, 5.41) is 20.1. The number of fused-ring (bicyclic) bond motifs is 1. The summed E-state index contributed by atoms with van der Waals surface area (Å²) in [5.41, 5.74) is 3.14. The van der Waals surface area contributed by atoms with Gasteiger partial charge >= 0.3 is 6.03 Å². The first kappa shape index (κ1) is 15.3. The van der Waals surface area contributed by atoms with E-state index in [2.05, 4.69) is 10.6 Å². The van der Waals surface area contributed by atoms with Crippen LogP contribution in [0.25, 0.3) is 0 Å². The normalized spacial score (nSPS) is 17.8. The predicted octanol–water partition coefficient (Wildman–Crippen LogP) is 3.42. The highest BCUT2D eigenvalue weighted by atomic mass is 35.5. The third-order valence-corrected chi connectivity index (χ3v) is 4.81. The minimum Gasteiger partial charge on any atom is -0.387 e. The molecule has 1 aliphatic carbocycles. The van der Waals surface area contributed by atoms with Gasteiger partial charge in [-0.1, -0.05) is 17.7 Å². The maximum atomic E-state index is 12.0. The fourth-order valence-electron chi connectivity index (χ4n) is 2.72. The molecule has 0 fully saturated rings. The van der Waals surface area contributed by atoms with Crippen LogP contribution in [0.15, 0.2) is 35.0 Å². The Hall–Kier alpha value is -1.56.